The Kier molecular flexibility index (Phi) is 5.03. The van der Waals surface area contributed by atoms with Gasteiger partial charge in [-0.2, -0.15) is 0 Å². The number of aliphatic hydroxyl groups excluding tert-OH is 1. The molecule has 5 heteroatoms. The van der Waals surface area contributed by atoms with Crippen molar-refractivity contribution in [3.8, 4) is 11.3 Å². The van der Waals surface area contributed by atoms with Crippen LogP contribution in [0.15, 0.2) is 43.0 Å². The van der Waals surface area contributed by atoms with E-state index in [2.05, 4.69) is 28.2 Å². The lowest BCUT2D eigenvalue weighted by Gasteiger charge is -2.26. The zero-order valence-corrected chi connectivity index (χ0v) is 15.6. The van der Waals surface area contributed by atoms with E-state index in [-0.39, 0.29) is 18.3 Å². The lowest BCUT2D eigenvalue weighted by Crippen LogP contribution is -2.24. The summed E-state index contributed by atoms with van der Waals surface area (Å²) in [4.78, 5) is 21.4. The molecule has 0 unspecified atom stereocenters. The molecule has 5 nitrogen and oxygen atoms in total. The highest BCUT2D eigenvalue weighted by atomic mass is 16.3. The number of aromatic nitrogens is 3. The Morgan fingerprint density at radius 2 is 1.96 bits per heavy atom. The molecule has 27 heavy (non-hydrogen) atoms. The summed E-state index contributed by atoms with van der Waals surface area (Å²) in [7, 11) is 1.98. The highest BCUT2D eigenvalue weighted by molar-refractivity contribution is 5.88. The van der Waals surface area contributed by atoms with Gasteiger partial charge in [0.15, 0.2) is 0 Å². The average Bonchev–Trinajstić information content (AvgIpc) is 3.13. The number of ketones is 1. The van der Waals surface area contributed by atoms with Gasteiger partial charge in [0.05, 0.1) is 18.2 Å². The molecule has 1 fully saturated rings. The Balaban J connectivity index is 1.52. The maximum Gasteiger partial charge on any atom is 0.141 e. The number of nitrogens with zero attached hydrogens (tertiary/aromatic N) is 3. The van der Waals surface area contributed by atoms with E-state index in [9.17, 15) is 9.90 Å². The van der Waals surface area contributed by atoms with Crippen LogP contribution in [0.25, 0.3) is 22.0 Å². The van der Waals surface area contributed by atoms with E-state index in [0.29, 0.717) is 12.3 Å². The standard InChI is InChI=1S/C22H25N3O2/c1-25-14-23-12-21(25)17-6-7-18-11-24-20(9-19(18)8-17)10-22(27)16-4-2-15(13-26)3-5-16/h6-9,11-12,14-16,26H,2-5,10,13H2,1H3. The third-order valence-corrected chi connectivity index (χ3v) is 5.81. The second-order valence-electron chi connectivity index (χ2n) is 7.67. The van der Waals surface area contributed by atoms with Crippen molar-refractivity contribution in [2.75, 3.05) is 6.61 Å². The number of pyridine rings is 1. The largest absolute Gasteiger partial charge is 0.396 e. The van der Waals surface area contributed by atoms with Gasteiger partial charge in [-0.15, -0.1) is 0 Å². The second-order valence-corrected chi connectivity index (χ2v) is 7.67. The smallest absolute Gasteiger partial charge is 0.141 e. The predicted molar refractivity (Wildman–Crippen MR) is 105 cm³/mol. The molecule has 0 amide bonds. The van der Waals surface area contributed by atoms with Gasteiger partial charge < -0.3 is 9.67 Å². The second kappa shape index (κ2) is 7.61. The van der Waals surface area contributed by atoms with Crippen LogP contribution < -0.4 is 0 Å². The highest BCUT2D eigenvalue weighted by Crippen LogP contribution is 2.30. The van der Waals surface area contributed by atoms with Crippen molar-refractivity contribution < 1.29 is 9.90 Å². The lowest BCUT2D eigenvalue weighted by atomic mass is 9.79. The minimum absolute atomic E-state index is 0.117. The summed E-state index contributed by atoms with van der Waals surface area (Å²) in [6.45, 7) is 0.242. The van der Waals surface area contributed by atoms with Crippen molar-refractivity contribution >= 4 is 16.6 Å². The van der Waals surface area contributed by atoms with Gasteiger partial charge in [-0.3, -0.25) is 9.78 Å². The van der Waals surface area contributed by atoms with Gasteiger partial charge in [-0.1, -0.05) is 12.1 Å². The summed E-state index contributed by atoms with van der Waals surface area (Å²) in [6.07, 6.45) is 9.58. The maximum absolute atomic E-state index is 12.7. The van der Waals surface area contributed by atoms with Crippen LogP contribution in [0.2, 0.25) is 0 Å². The Morgan fingerprint density at radius 1 is 1.15 bits per heavy atom. The molecule has 0 aliphatic heterocycles. The molecule has 1 aliphatic rings. The minimum atomic E-state index is 0.117. The van der Waals surface area contributed by atoms with Gasteiger partial charge in [0.1, 0.15) is 5.78 Å². The number of fused-ring (bicyclic) bond motifs is 1. The fourth-order valence-electron chi connectivity index (χ4n) is 4.07. The first-order valence-corrected chi connectivity index (χ1v) is 9.63. The Morgan fingerprint density at radius 3 is 2.67 bits per heavy atom. The predicted octanol–water partition coefficient (Wildman–Crippen LogP) is 3.55. The number of carbonyl (C=O) groups excluding carboxylic acids is 1. The van der Waals surface area contributed by atoms with E-state index in [1.165, 1.54) is 0 Å². The van der Waals surface area contributed by atoms with Crippen LogP contribution in [0.1, 0.15) is 31.4 Å². The van der Waals surface area contributed by atoms with Crippen LogP contribution in [-0.4, -0.2) is 32.0 Å². The Bertz CT molecular complexity index is 955. The fourth-order valence-corrected chi connectivity index (χ4v) is 4.07. The first-order chi connectivity index (χ1) is 13.1. The SMILES string of the molecule is Cn1cncc1-c1ccc2cnc(CC(=O)C3CCC(CO)CC3)cc2c1. The summed E-state index contributed by atoms with van der Waals surface area (Å²) < 4.78 is 2.00. The fraction of sp³-hybridized carbons (Fsp3) is 0.409. The molecule has 2 aromatic heterocycles. The number of aryl methyl sites for hydroxylation is 1. The van der Waals surface area contributed by atoms with E-state index in [1.54, 1.807) is 6.33 Å². The number of carbonyl (C=O) groups is 1. The van der Waals surface area contributed by atoms with E-state index >= 15 is 0 Å². The van der Waals surface area contributed by atoms with E-state index in [4.69, 9.17) is 0 Å². The van der Waals surface area contributed by atoms with Crippen LogP contribution in [0, 0.1) is 11.8 Å². The van der Waals surface area contributed by atoms with Crippen LogP contribution in [0.4, 0.5) is 0 Å². The van der Waals surface area contributed by atoms with Crippen molar-refractivity contribution in [2.24, 2.45) is 18.9 Å². The Hall–Kier alpha value is -2.53. The number of rotatable bonds is 5. The molecule has 1 aliphatic carbocycles. The molecule has 0 radical (unpaired) electrons. The number of hydrogen-bond acceptors (Lipinski definition) is 4. The van der Waals surface area contributed by atoms with Gasteiger partial charge in [-0.25, -0.2) is 4.98 Å². The van der Waals surface area contributed by atoms with Gasteiger partial charge in [0, 0.05) is 48.8 Å². The minimum Gasteiger partial charge on any atom is -0.396 e. The number of benzene rings is 1. The van der Waals surface area contributed by atoms with E-state index in [0.717, 1.165) is 53.4 Å². The molecule has 0 atom stereocenters. The zero-order chi connectivity index (χ0) is 18.8. The number of Topliss-reactive ketones (excluding diaryl/α,β-unsaturated/α-hetero) is 1. The first kappa shape index (κ1) is 17.9. The van der Waals surface area contributed by atoms with Gasteiger partial charge in [-0.05, 0) is 49.1 Å². The van der Waals surface area contributed by atoms with E-state index < -0.39 is 0 Å². The third-order valence-electron chi connectivity index (χ3n) is 5.81. The van der Waals surface area contributed by atoms with Gasteiger partial charge in [0.2, 0.25) is 0 Å². The molecule has 0 saturated heterocycles. The molecule has 1 N–H and O–H groups in total. The van der Waals surface area contributed by atoms with Crippen LogP contribution in [0.5, 0.6) is 0 Å². The van der Waals surface area contributed by atoms with Crippen molar-refractivity contribution in [1.82, 2.24) is 14.5 Å². The summed E-state index contributed by atoms with van der Waals surface area (Å²) in [6, 6.07) is 8.30. The molecule has 3 aromatic rings. The Labute approximate surface area is 159 Å². The lowest BCUT2D eigenvalue weighted by molar-refractivity contribution is -0.123. The highest BCUT2D eigenvalue weighted by Gasteiger charge is 2.26. The quantitative estimate of drug-likeness (QED) is 0.753. The zero-order valence-electron chi connectivity index (χ0n) is 15.6. The van der Waals surface area contributed by atoms with Crippen molar-refractivity contribution in [3.63, 3.8) is 0 Å². The molecule has 1 saturated carbocycles. The molecule has 140 valence electrons. The number of aliphatic hydroxyl groups is 1. The number of hydrogen-bond donors (Lipinski definition) is 1. The van der Waals surface area contributed by atoms with Gasteiger partial charge >= 0.3 is 0 Å². The third kappa shape index (κ3) is 3.78. The normalized spacial score (nSPS) is 20.1. The van der Waals surface area contributed by atoms with Crippen LogP contribution >= 0.6 is 0 Å². The molecule has 0 spiro atoms. The summed E-state index contributed by atoms with van der Waals surface area (Å²) >= 11 is 0. The topological polar surface area (TPSA) is 68.0 Å². The maximum atomic E-state index is 12.7. The van der Waals surface area contributed by atoms with E-state index in [1.807, 2.05) is 30.1 Å². The van der Waals surface area contributed by atoms with Crippen LogP contribution in [0.3, 0.4) is 0 Å². The number of imidazole rings is 1. The van der Waals surface area contributed by atoms with Crippen molar-refractivity contribution in [2.45, 2.75) is 32.1 Å². The van der Waals surface area contributed by atoms with Crippen molar-refractivity contribution in [1.29, 1.82) is 0 Å². The first-order valence-electron chi connectivity index (χ1n) is 9.63. The summed E-state index contributed by atoms with van der Waals surface area (Å²) in [5, 5.41) is 11.4. The molecule has 2 heterocycles. The van der Waals surface area contributed by atoms with Crippen molar-refractivity contribution in [3.05, 3.63) is 48.7 Å². The molecular weight excluding hydrogens is 338 g/mol. The average molecular weight is 363 g/mol. The summed E-state index contributed by atoms with van der Waals surface area (Å²) in [5.41, 5.74) is 3.00. The molecule has 4 rings (SSSR count). The monoisotopic (exact) mass is 363 g/mol. The summed E-state index contributed by atoms with van der Waals surface area (Å²) in [5.74, 6) is 0.769. The molecular formula is C22H25N3O2. The van der Waals surface area contributed by atoms with Gasteiger partial charge in [0.25, 0.3) is 0 Å². The van der Waals surface area contributed by atoms with Crippen LogP contribution in [-0.2, 0) is 18.3 Å². The molecule has 1 aromatic carbocycles. The molecule has 0 bridgehead atoms.